The van der Waals surface area contributed by atoms with Gasteiger partial charge in [-0.2, -0.15) is 0 Å². The quantitative estimate of drug-likeness (QED) is 0.102. The Labute approximate surface area is 299 Å². The molecule has 12 nitrogen and oxygen atoms in total. The Morgan fingerprint density at radius 1 is 0.519 bits per heavy atom. The van der Waals surface area contributed by atoms with Crippen LogP contribution < -0.4 is 37.9 Å². The highest BCUT2D eigenvalue weighted by atomic mass is 16.6. The number of methoxy groups -OCH3 is 6. The van der Waals surface area contributed by atoms with Gasteiger partial charge in [-0.25, -0.2) is 14.4 Å². The first-order chi connectivity index (χ1) is 25.2. The minimum absolute atomic E-state index is 0.180. The third-order valence-electron chi connectivity index (χ3n) is 8.52. The van der Waals surface area contributed by atoms with Crippen molar-refractivity contribution in [3.05, 3.63) is 130 Å². The topological polar surface area (TPSA) is 134 Å². The van der Waals surface area contributed by atoms with Crippen molar-refractivity contribution in [2.24, 2.45) is 0 Å². The van der Waals surface area contributed by atoms with Gasteiger partial charge in [0.2, 0.25) is 11.5 Å². The van der Waals surface area contributed by atoms with Crippen molar-refractivity contribution in [2.75, 3.05) is 42.7 Å². The zero-order valence-electron chi connectivity index (χ0n) is 29.1. The van der Waals surface area contributed by atoms with Crippen LogP contribution in [0.5, 0.6) is 46.0 Å². The van der Waals surface area contributed by atoms with E-state index in [9.17, 15) is 14.4 Å². The Kier molecular flexibility index (Phi) is 9.91. The number of esters is 3. The first-order valence-electron chi connectivity index (χ1n) is 15.8. The average molecular weight is 707 g/mol. The van der Waals surface area contributed by atoms with Crippen LogP contribution in [0.3, 0.4) is 0 Å². The maximum atomic E-state index is 13.2. The molecule has 5 aromatic rings. The minimum atomic E-state index is -1.37. The largest absolute Gasteiger partial charge is 0.493 e. The second-order valence-corrected chi connectivity index (χ2v) is 11.3. The molecule has 1 heterocycles. The standard InChI is InChI=1S/C40H34O12/c1-44-31-19-23(20-32(45-2)35(31)48-5)37(41)50-27-15-11-25(12-16-27)40(30-10-8-7-9-29(30)39(43)52-40)26-13-17-28(18-14-26)51-38(42)24-21-33(46-3)36(49-6)34(22-24)47-4/h7-22H,1-6H3. The second kappa shape index (κ2) is 14.7. The highest BCUT2D eigenvalue weighted by Gasteiger charge is 2.48. The van der Waals surface area contributed by atoms with E-state index in [-0.39, 0.29) is 22.6 Å². The minimum Gasteiger partial charge on any atom is -0.493 e. The monoisotopic (exact) mass is 706 g/mol. The molecule has 0 aromatic heterocycles. The van der Waals surface area contributed by atoms with E-state index in [2.05, 4.69) is 0 Å². The van der Waals surface area contributed by atoms with Crippen molar-refractivity contribution in [2.45, 2.75) is 5.60 Å². The zero-order valence-corrected chi connectivity index (χ0v) is 29.1. The van der Waals surface area contributed by atoms with E-state index in [1.54, 1.807) is 60.7 Å². The molecule has 0 unspecified atom stereocenters. The lowest BCUT2D eigenvalue weighted by Gasteiger charge is -2.30. The number of cyclic esters (lactones) is 1. The van der Waals surface area contributed by atoms with Crippen LogP contribution in [-0.2, 0) is 10.3 Å². The zero-order chi connectivity index (χ0) is 37.0. The molecule has 0 N–H and O–H groups in total. The van der Waals surface area contributed by atoms with Gasteiger partial charge in [-0.15, -0.1) is 0 Å². The van der Waals surface area contributed by atoms with E-state index in [4.69, 9.17) is 42.6 Å². The number of carbonyl (C=O) groups is 3. The lowest BCUT2D eigenvalue weighted by Crippen LogP contribution is -2.29. The Morgan fingerprint density at radius 2 is 0.904 bits per heavy atom. The third kappa shape index (κ3) is 6.26. The Bertz CT molecular complexity index is 1970. The van der Waals surface area contributed by atoms with Crippen LogP contribution in [0.25, 0.3) is 0 Å². The summed E-state index contributed by atoms with van der Waals surface area (Å²) >= 11 is 0. The Morgan fingerprint density at radius 3 is 1.27 bits per heavy atom. The number of rotatable bonds is 12. The van der Waals surface area contributed by atoms with E-state index in [1.165, 1.54) is 66.9 Å². The fourth-order valence-electron chi connectivity index (χ4n) is 6.06. The number of ether oxygens (including phenoxy) is 9. The Balaban J connectivity index is 1.30. The molecule has 0 bridgehead atoms. The van der Waals surface area contributed by atoms with Crippen LogP contribution in [0.4, 0.5) is 0 Å². The van der Waals surface area contributed by atoms with Gasteiger partial charge in [0.15, 0.2) is 28.6 Å². The molecule has 0 saturated carbocycles. The van der Waals surface area contributed by atoms with Gasteiger partial charge in [0, 0.05) is 16.7 Å². The lowest BCUT2D eigenvalue weighted by atomic mass is 9.80. The molecule has 0 radical (unpaired) electrons. The smallest absolute Gasteiger partial charge is 0.343 e. The first-order valence-corrected chi connectivity index (χ1v) is 15.8. The summed E-state index contributed by atoms with van der Waals surface area (Å²) in [5.41, 5.74) is 1.18. The van der Waals surface area contributed by atoms with Crippen molar-refractivity contribution >= 4 is 17.9 Å². The second-order valence-electron chi connectivity index (χ2n) is 11.3. The van der Waals surface area contributed by atoms with Gasteiger partial charge in [0.05, 0.1) is 59.3 Å². The van der Waals surface area contributed by atoms with Crippen molar-refractivity contribution in [1.82, 2.24) is 0 Å². The van der Waals surface area contributed by atoms with Gasteiger partial charge in [0.1, 0.15) is 11.5 Å². The number of hydrogen-bond donors (Lipinski definition) is 0. The number of hydrogen-bond acceptors (Lipinski definition) is 12. The lowest BCUT2D eigenvalue weighted by molar-refractivity contribution is 0.0251. The van der Waals surface area contributed by atoms with Crippen LogP contribution in [0.2, 0.25) is 0 Å². The summed E-state index contributed by atoms with van der Waals surface area (Å²) in [6, 6.07) is 26.3. The Hall–Kier alpha value is -6.69. The van der Waals surface area contributed by atoms with Gasteiger partial charge in [-0.1, -0.05) is 42.5 Å². The molecule has 0 saturated heterocycles. The van der Waals surface area contributed by atoms with Gasteiger partial charge >= 0.3 is 17.9 Å². The average Bonchev–Trinajstić information content (AvgIpc) is 3.49. The fourth-order valence-corrected chi connectivity index (χ4v) is 6.06. The summed E-state index contributed by atoms with van der Waals surface area (Å²) in [7, 11) is 8.74. The van der Waals surface area contributed by atoms with Gasteiger partial charge in [-0.3, -0.25) is 0 Å². The molecular weight excluding hydrogens is 672 g/mol. The molecule has 1 aliphatic heterocycles. The summed E-state index contributed by atoms with van der Waals surface area (Å²) in [6.07, 6.45) is 0. The fraction of sp³-hybridized carbons (Fsp3) is 0.175. The highest BCUT2D eigenvalue weighted by molar-refractivity contribution is 5.96. The predicted octanol–water partition coefficient (Wildman–Crippen LogP) is 6.64. The molecule has 0 aliphatic carbocycles. The maximum absolute atomic E-state index is 13.2. The summed E-state index contributed by atoms with van der Waals surface area (Å²) < 4.78 is 49.7. The van der Waals surface area contributed by atoms with Gasteiger partial charge in [0.25, 0.3) is 0 Å². The highest BCUT2D eigenvalue weighted by Crippen LogP contribution is 2.48. The van der Waals surface area contributed by atoms with Crippen LogP contribution >= 0.6 is 0 Å². The van der Waals surface area contributed by atoms with E-state index >= 15 is 0 Å². The van der Waals surface area contributed by atoms with Crippen molar-refractivity contribution in [3.8, 4) is 46.0 Å². The van der Waals surface area contributed by atoms with E-state index in [0.29, 0.717) is 56.8 Å². The normalized spacial score (nSPS) is 12.5. The van der Waals surface area contributed by atoms with E-state index in [0.717, 1.165) is 0 Å². The molecule has 1 aliphatic rings. The number of fused-ring (bicyclic) bond motifs is 1. The van der Waals surface area contributed by atoms with Crippen molar-refractivity contribution in [1.29, 1.82) is 0 Å². The molecule has 12 heteroatoms. The molecule has 5 aromatic carbocycles. The van der Waals surface area contributed by atoms with Gasteiger partial charge in [-0.05, 0) is 54.6 Å². The molecular formula is C40H34O12. The van der Waals surface area contributed by atoms with E-state index in [1.807, 2.05) is 12.1 Å². The van der Waals surface area contributed by atoms with Crippen LogP contribution in [0.15, 0.2) is 97.1 Å². The van der Waals surface area contributed by atoms with E-state index < -0.39 is 23.5 Å². The SMILES string of the molecule is COc1cc(C(=O)Oc2ccc(C3(c4ccc(OC(=O)c5cc(OC)c(OC)c(OC)c5)cc4)OC(=O)c4ccccc43)cc2)cc(OC)c1OC. The molecule has 266 valence electrons. The first kappa shape index (κ1) is 35.1. The molecule has 0 fully saturated rings. The van der Waals surface area contributed by atoms with Crippen LogP contribution in [-0.4, -0.2) is 60.6 Å². The summed E-state index contributed by atoms with van der Waals surface area (Å²) in [5, 5.41) is 0. The molecule has 0 spiro atoms. The summed E-state index contributed by atoms with van der Waals surface area (Å²) in [5.74, 6) is 0.543. The summed E-state index contributed by atoms with van der Waals surface area (Å²) in [4.78, 5) is 39.6. The van der Waals surface area contributed by atoms with Crippen LogP contribution in [0, 0.1) is 0 Å². The maximum Gasteiger partial charge on any atom is 0.343 e. The summed E-state index contributed by atoms with van der Waals surface area (Å²) in [6.45, 7) is 0. The third-order valence-corrected chi connectivity index (χ3v) is 8.52. The molecule has 6 rings (SSSR count). The number of carbonyl (C=O) groups excluding carboxylic acids is 3. The molecule has 0 atom stereocenters. The molecule has 52 heavy (non-hydrogen) atoms. The van der Waals surface area contributed by atoms with Crippen molar-refractivity contribution in [3.63, 3.8) is 0 Å². The molecule has 0 amide bonds. The van der Waals surface area contributed by atoms with Gasteiger partial charge < -0.3 is 42.6 Å². The van der Waals surface area contributed by atoms with Crippen molar-refractivity contribution < 1.29 is 57.0 Å². The number of benzene rings is 5. The van der Waals surface area contributed by atoms with Crippen LogP contribution in [0.1, 0.15) is 47.8 Å². The predicted molar refractivity (Wildman–Crippen MR) is 187 cm³/mol.